The molecule has 1 aliphatic carbocycles. The van der Waals surface area contributed by atoms with Gasteiger partial charge in [0, 0.05) is 22.7 Å². The van der Waals surface area contributed by atoms with Gasteiger partial charge in [-0.2, -0.15) is 0 Å². The molecule has 8 heteroatoms. The molecular weight excluding hydrogens is 446 g/mol. The number of allylic oxidation sites excluding steroid dienone is 1. The highest BCUT2D eigenvalue weighted by atomic mass is 79.9. The van der Waals surface area contributed by atoms with Crippen molar-refractivity contribution in [1.82, 2.24) is 4.98 Å². The van der Waals surface area contributed by atoms with E-state index in [1.54, 1.807) is 30.5 Å². The summed E-state index contributed by atoms with van der Waals surface area (Å²) in [7, 11) is 0. The number of hydrogen-bond donors (Lipinski definition) is 0. The molecule has 0 fully saturated rings. The Balaban J connectivity index is 1.58. The second-order valence-electron chi connectivity index (χ2n) is 6.02. The molecule has 0 spiro atoms. The SMILES string of the molecule is CC1=C(Br)c2occ(C(=O)c3ccc(OCc4nccs4)cc3)c2C(=O)C1=O. The maximum Gasteiger partial charge on any atom is 0.237 e. The van der Waals surface area contributed by atoms with Crippen molar-refractivity contribution in [2.75, 3.05) is 0 Å². The number of hydrogen-bond acceptors (Lipinski definition) is 7. The monoisotopic (exact) mass is 457 g/mol. The summed E-state index contributed by atoms with van der Waals surface area (Å²) in [6.07, 6.45) is 2.92. The molecular formula is C20H12BrNO5S. The van der Waals surface area contributed by atoms with Crippen LogP contribution in [0.2, 0.25) is 0 Å². The molecule has 0 aliphatic heterocycles. The van der Waals surface area contributed by atoms with Crippen LogP contribution in [0.3, 0.4) is 0 Å². The van der Waals surface area contributed by atoms with Gasteiger partial charge in [-0.1, -0.05) is 0 Å². The molecule has 2 heterocycles. The van der Waals surface area contributed by atoms with Crippen molar-refractivity contribution >= 4 is 49.1 Å². The number of ketones is 3. The molecule has 0 bridgehead atoms. The van der Waals surface area contributed by atoms with Crippen LogP contribution in [-0.2, 0) is 11.4 Å². The Morgan fingerprint density at radius 2 is 1.96 bits per heavy atom. The number of aromatic nitrogens is 1. The van der Waals surface area contributed by atoms with E-state index in [4.69, 9.17) is 9.15 Å². The van der Waals surface area contributed by atoms with Crippen LogP contribution in [0.5, 0.6) is 5.75 Å². The molecule has 28 heavy (non-hydrogen) atoms. The summed E-state index contributed by atoms with van der Waals surface area (Å²) in [5.41, 5.74) is 0.672. The lowest BCUT2D eigenvalue weighted by Crippen LogP contribution is -2.22. The van der Waals surface area contributed by atoms with E-state index in [0.717, 1.165) is 5.01 Å². The lowest BCUT2D eigenvalue weighted by Gasteiger charge is -2.11. The van der Waals surface area contributed by atoms with Crippen LogP contribution in [0.25, 0.3) is 4.48 Å². The number of nitrogens with zero attached hydrogens (tertiary/aromatic N) is 1. The van der Waals surface area contributed by atoms with Crippen LogP contribution in [0.4, 0.5) is 0 Å². The molecule has 2 aromatic heterocycles. The van der Waals surface area contributed by atoms with E-state index in [2.05, 4.69) is 20.9 Å². The van der Waals surface area contributed by atoms with Gasteiger partial charge in [-0.05, 0) is 47.1 Å². The van der Waals surface area contributed by atoms with E-state index < -0.39 is 17.3 Å². The lowest BCUT2D eigenvalue weighted by molar-refractivity contribution is -0.111. The summed E-state index contributed by atoms with van der Waals surface area (Å²) in [6.45, 7) is 1.87. The van der Waals surface area contributed by atoms with Crippen molar-refractivity contribution in [2.24, 2.45) is 0 Å². The molecule has 0 amide bonds. The van der Waals surface area contributed by atoms with Crippen LogP contribution in [-0.4, -0.2) is 22.3 Å². The van der Waals surface area contributed by atoms with Crippen LogP contribution in [0.15, 0.2) is 52.1 Å². The van der Waals surface area contributed by atoms with Gasteiger partial charge in [0.05, 0.1) is 15.6 Å². The Morgan fingerprint density at radius 3 is 2.64 bits per heavy atom. The molecule has 0 unspecified atom stereocenters. The van der Waals surface area contributed by atoms with Crippen LogP contribution < -0.4 is 4.74 Å². The van der Waals surface area contributed by atoms with Crippen LogP contribution in [0, 0.1) is 0 Å². The first-order valence-corrected chi connectivity index (χ1v) is 9.88. The summed E-state index contributed by atoms with van der Waals surface area (Å²) in [6, 6.07) is 6.54. The summed E-state index contributed by atoms with van der Waals surface area (Å²) in [5.74, 6) is -1.00. The third-order valence-electron chi connectivity index (χ3n) is 4.30. The Morgan fingerprint density at radius 1 is 1.21 bits per heavy atom. The number of Topliss-reactive ketones (excluding diaryl/α,β-unsaturated/α-hetero) is 2. The zero-order valence-electron chi connectivity index (χ0n) is 14.5. The number of halogens is 1. The van der Waals surface area contributed by atoms with E-state index in [-0.39, 0.29) is 22.5 Å². The first-order valence-electron chi connectivity index (χ1n) is 8.20. The number of carbonyl (C=O) groups excluding carboxylic acids is 3. The topological polar surface area (TPSA) is 86.5 Å². The molecule has 1 aliphatic rings. The highest BCUT2D eigenvalue weighted by Gasteiger charge is 2.36. The first kappa shape index (κ1) is 18.5. The zero-order valence-corrected chi connectivity index (χ0v) is 16.9. The molecule has 3 aromatic rings. The minimum atomic E-state index is -0.740. The number of fused-ring (bicyclic) bond motifs is 1. The van der Waals surface area contributed by atoms with Gasteiger partial charge in [-0.15, -0.1) is 11.3 Å². The normalized spacial score (nSPS) is 13.6. The van der Waals surface area contributed by atoms with Gasteiger partial charge in [0.2, 0.25) is 11.6 Å². The van der Waals surface area contributed by atoms with Crippen molar-refractivity contribution < 1.29 is 23.5 Å². The molecule has 6 nitrogen and oxygen atoms in total. The third-order valence-corrected chi connectivity index (χ3v) is 6.01. The molecule has 4 rings (SSSR count). The number of benzene rings is 1. The summed E-state index contributed by atoms with van der Waals surface area (Å²) in [5, 5.41) is 2.72. The Labute approximate surface area is 172 Å². The average Bonchev–Trinajstić information content (AvgIpc) is 3.39. The van der Waals surface area contributed by atoms with Crippen molar-refractivity contribution in [3.63, 3.8) is 0 Å². The largest absolute Gasteiger partial charge is 0.486 e. The summed E-state index contributed by atoms with van der Waals surface area (Å²) in [4.78, 5) is 41.5. The number of thiazole rings is 1. The van der Waals surface area contributed by atoms with Crippen molar-refractivity contribution in [3.8, 4) is 5.75 Å². The Kier molecular flexibility index (Phi) is 4.82. The quantitative estimate of drug-likeness (QED) is 0.415. The first-order chi connectivity index (χ1) is 13.5. The molecule has 0 saturated carbocycles. The fourth-order valence-corrected chi connectivity index (χ4v) is 3.79. The van der Waals surface area contributed by atoms with Gasteiger partial charge in [0.25, 0.3) is 0 Å². The fraction of sp³-hybridized carbons (Fsp3) is 0.100. The maximum atomic E-state index is 12.9. The fourth-order valence-electron chi connectivity index (χ4n) is 2.79. The van der Waals surface area contributed by atoms with Gasteiger partial charge in [0.1, 0.15) is 23.6 Å². The molecule has 1 aromatic carbocycles. The maximum absolute atomic E-state index is 12.9. The molecule has 0 N–H and O–H groups in total. The van der Waals surface area contributed by atoms with Crippen molar-refractivity contribution in [3.05, 3.63) is 75.1 Å². The highest BCUT2D eigenvalue weighted by Crippen LogP contribution is 2.37. The summed E-state index contributed by atoms with van der Waals surface area (Å²) < 4.78 is 11.4. The lowest BCUT2D eigenvalue weighted by atomic mass is 9.90. The second kappa shape index (κ2) is 7.29. The van der Waals surface area contributed by atoms with E-state index in [0.29, 0.717) is 22.4 Å². The number of furan rings is 1. The van der Waals surface area contributed by atoms with E-state index >= 15 is 0 Å². The molecule has 140 valence electrons. The number of ether oxygens (including phenoxy) is 1. The van der Waals surface area contributed by atoms with E-state index in [1.807, 2.05) is 5.38 Å². The summed E-state index contributed by atoms with van der Waals surface area (Å²) >= 11 is 4.76. The van der Waals surface area contributed by atoms with E-state index in [9.17, 15) is 14.4 Å². The zero-order chi connectivity index (χ0) is 19.8. The smallest absolute Gasteiger partial charge is 0.237 e. The average molecular weight is 458 g/mol. The minimum Gasteiger partial charge on any atom is -0.486 e. The van der Waals surface area contributed by atoms with Gasteiger partial charge in [-0.25, -0.2) is 4.98 Å². The Bertz CT molecular complexity index is 1130. The minimum absolute atomic E-state index is 0.00317. The van der Waals surface area contributed by atoms with Crippen LogP contribution in [0.1, 0.15) is 44.0 Å². The number of rotatable bonds is 5. The van der Waals surface area contributed by atoms with E-state index in [1.165, 1.54) is 24.5 Å². The third kappa shape index (κ3) is 3.14. The van der Waals surface area contributed by atoms with Crippen LogP contribution >= 0.6 is 27.3 Å². The van der Waals surface area contributed by atoms with Gasteiger partial charge in [-0.3, -0.25) is 14.4 Å². The van der Waals surface area contributed by atoms with Gasteiger partial charge >= 0.3 is 0 Å². The van der Waals surface area contributed by atoms with Gasteiger partial charge in [0.15, 0.2) is 11.5 Å². The number of carbonyl (C=O) groups is 3. The van der Waals surface area contributed by atoms with Crippen molar-refractivity contribution in [1.29, 1.82) is 0 Å². The predicted octanol–water partition coefficient (Wildman–Crippen LogP) is 4.44. The second-order valence-corrected chi connectivity index (χ2v) is 7.79. The molecule has 0 radical (unpaired) electrons. The Hall–Kier alpha value is -2.84. The predicted molar refractivity (Wildman–Crippen MR) is 106 cm³/mol. The van der Waals surface area contributed by atoms with Crippen molar-refractivity contribution in [2.45, 2.75) is 13.5 Å². The molecule has 0 atom stereocenters. The van der Waals surface area contributed by atoms with Gasteiger partial charge < -0.3 is 9.15 Å². The highest BCUT2D eigenvalue weighted by molar-refractivity contribution is 9.15. The molecule has 0 saturated heterocycles. The standard InChI is InChI=1S/C20H12BrNO5S/c1-10-16(21)20-15(19(25)17(10)23)13(8-27-20)18(24)11-2-4-12(5-3-11)26-9-14-22-6-7-28-14/h2-8H,9H2,1H3.